The number of hydrogen-bond acceptors (Lipinski definition) is 4. The van der Waals surface area contributed by atoms with E-state index in [4.69, 9.17) is 4.74 Å². The highest BCUT2D eigenvalue weighted by Crippen LogP contribution is 2.29. The third-order valence-corrected chi connectivity index (χ3v) is 3.49. The fraction of sp³-hybridized carbons (Fsp3) is 0.500. The minimum absolute atomic E-state index is 0.0146. The summed E-state index contributed by atoms with van der Waals surface area (Å²) in [4.78, 5) is 27.8. The average molecular weight is 275 g/mol. The molecule has 6 nitrogen and oxygen atoms in total. The van der Waals surface area contributed by atoms with Crippen molar-refractivity contribution in [2.24, 2.45) is 5.92 Å². The summed E-state index contributed by atoms with van der Waals surface area (Å²) in [7, 11) is 0. The van der Waals surface area contributed by atoms with E-state index in [1.54, 1.807) is 12.1 Å². The number of carbonyl (C=O) groups excluding carboxylic acids is 2. The van der Waals surface area contributed by atoms with Gasteiger partial charge < -0.3 is 15.4 Å². The number of carbonyl (C=O) groups is 2. The minimum Gasteiger partial charge on any atom is -0.379 e. The number of hydrogen-bond donors (Lipinski definition) is 2. The van der Waals surface area contributed by atoms with E-state index in [1.807, 2.05) is 0 Å². The summed E-state index contributed by atoms with van der Waals surface area (Å²) in [5, 5.41) is 5.64. The molecule has 20 heavy (non-hydrogen) atoms. The highest BCUT2D eigenvalue weighted by atomic mass is 16.5. The van der Waals surface area contributed by atoms with Gasteiger partial charge in [-0.1, -0.05) is 0 Å². The lowest BCUT2D eigenvalue weighted by Gasteiger charge is -2.11. The fourth-order valence-electron chi connectivity index (χ4n) is 2.13. The highest BCUT2D eigenvalue weighted by Gasteiger charge is 2.29. The van der Waals surface area contributed by atoms with Crippen LogP contribution in [0.1, 0.15) is 29.6 Å². The van der Waals surface area contributed by atoms with E-state index in [0.29, 0.717) is 24.6 Å². The van der Waals surface area contributed by atoms with Crippen molar-refractivity contribution in [1.82, 2.24) is 10.3 Å². The first-order valence-electron chi connectivity index (χ1n) is 6.88. The maximum atomic E-state index is 12.1. The van der Waals surface area contributed by atoms with E-state index >= 15 is 0 Å². The Balaban J connectivity index is 1.63. The molecule has 2 aliphatic rings. The Morgan fingerprint density at radius 1 is 1.30 bits per heavy atom. The molecule has 2 fully saturated rings. The Hall–Kier alpha value is -1.95. The maximum absolute atomic E-state index is 12.1. The molecule has 1 atom stereocenters. The lowest BCUT2D eigenvalue weighted by molar-refractivity contribution is -0.117. The Bertz CT molecular complexity index is 522. The van der Waals surface area contributed by atoms with Crippen molar-refractivity contribution >= 4 is 17.6 Å². The monoisotopic (exact) mass is 275 g/mol. The number of nitrogens with zero attached hydrogens (tertiary/aromatic N) is 1. The van der Waals surface area contributed by atoms with Crippen LogP contribution in [-0.4, -0.2) is 36.1 Å². The second kappa shape index (κ2) is 5.58. The predicted molar refractivity (Wildman–Crippen MR) is 72.3 cm³/mol. The van der Waals surface area contributed by atoms with Crippen LogP contribution in [0, 0.1) is 5.92 Å². The lowest BCUT2D eigenvalue weighted by atomic mass is 10.2. The molecule has 2 heterocycles. The summed E-state index contributed by atoms with van der Waals surface area (Å²) in [5.74, 6) is 0.367. The zero-order valence-corrected chi connectivity index (χ0v) is 11.1. The second-order valence-corrected chi connectivity index (χ2v) is 5.23. The van der Waals surface area contributed by atoms with Gasteiger partial charge in [0.1, 0.15) is 5.82 Å². The molecule has 0 spiro atoms. The number of pyridine rings is 1. The van der Waals surface area contributed by atoms with Crippen molar-refractivity contribution in [1.29, 1.82) is 0 Å². The summed E-state index contributed by atoms with van der Waals surface area (Å²) in [6, 6.07) is 3.31. The Morgan fingerprint density at radius 2 is 2.15 bits per heavy atom. The molecule has 1 aromatic heterocycles. The van der Waals surface area contributed by atoms with Crippen LogP contribution >= 0.6 is 0 Å². The van der Waals surface area contributed by atoms with Gasteiger partial charge in [-0.25, -0.2) is 4.98 Å². The molecule has 0 aromatic carbocycles. The zero-order valence-electron chi connectivity index (χ0n) is 11.1. The number of ether oxygens (including phenoxy) is 1. The van der Waals surface area contributed by atoms with Crippen LogP contribution in [0.4, 0.5) is 5.82 Å². The van der Waals surface area contributed by atoms with Crippen molar-refractivity contribution in [3.8, 4) is 0 Å². The number of anilines is 1. The van der Waals surface area contributed by atoms with Gasteiger partial charge in [0.2, 0.25) is 5.91 Å². The van der Waals surface area contributed by atoms with Gasteiger partial charge in [0.05, 0.1) is 12.6 Å². The van der Waals surface area contributed by atoms with Crippen LogP contribution in [0.2, 0.25) is 0 Å². The largest absolute Gasteiger partial charge is 0.379 e. The summed E-state index contributed by atoms with van der Waals surface area (Å²) in [6.07, 6.45) is 4.24. The molecular weight excluding hydrogens is 258 g/mol. The molecule has 1 unspecified atom stereocenters. The highest BCUT2D eigenvalue weighted by molar-refractivity contribution is 5.97. The number of amides is 2. The molecule has 1 saturated carbocycles. The number of rotatable bonds is 4. The fourth-order valence-corrected chi connectivity index (χ4v) is 2.13. The van der Waals surface area contributed by atoms with Crippen molar-refractivity contribution in [3.05, 3.63) is 23.9 Å². The van der Waals surface area contributed by atoms with E-state index in [9.17, 15) is 9.59 Å². The van der Waals surface area contributed by atoms with E-state index in [1.165, 1.54) is 6.20 Å². The van der Waals surface area contributed by atoms with E-state index in [2.05, 4.69) is 15.6 Å². The zero-order chi connectivity index (χ0) is 13.9. The van der Waals surface area contributed by atoms with Crippen molar-refractivity contribution in [2.45, 2.75) is 25.3 Å². The molecule has 1 saturated heterocycles. The summed E-state index contributed by atoms with van der Waals surface area (Å²) in [5.41, 5.74) is 0.498. The van der Waals surface area contributed by atoms with Gasteiger partial charge in [-0.05, 0) is 31.4 Å². The molecule has 1 aromatic rings. The lowest BCUT2D eigenvalue weighted by Crippen LogP contribution is -2.35. The molecule has 2 N–H and O–H groups in total. The minimum atomic E-state index is -0.162. The standard InChI is InChI=1S/C14H17N3O3/c18-13(9-1-2-9)17-12-7-10(3-5-15-12)14(19)16-11-4-6-20-8-11/h3,5,7,9,11H,1-2,4,6,8H2,(H,16,19)(H,15,17,18). The van der Waals surface area contributed by atoms with Crippen LogP contribution in [0.3, 0.4) is 0 Å². The van der Waals surface area contributed by atoms with Crippen LogP contribution in [-0.2, 0) is 9.53 Å². The molecule has 3 rings (SSSR count). The first-order valence-corrected chi connectivity index (χ1v) is 6.88. The molecule has 1 aliphatic heterocycles. The van der Waals surface area contributed by atoms with Gasteiger partial charge >= 0.3 is 0 Å². The average Bonchev–Trinajstić information content (AvgIpc) is 3.18. The Labute approximate surface area is 116 Å². The van der Waals surface area contributed by atoms with E-state index in [-0.39, 0.29) is 23.8 Å². The molecule has 0 bridgehead atoms. The second-order valence-electron chi connectivity index (χ2n) is 5.23. The van der Waals surface area contributed by atoms with Crippen LogP contribution < -0.4 is 10.6 Å². The molecule has 6 heteroatoms. The summed E-state index contributed by atoms with van der Waals surface area (Å²) < 4.78 is 5.22. The summed E-state index contributed by atoms with van der Waals surface area (Å²) in [6.45, 7) is 1.24. The topological polar surface area (TPSA) is 80.3 Å². The molecule has 0 radical (unpaired) electrons. The first kappa shape index (κ1) is 13.1. The quantitative estimate of drug-likeness (QED) is 0.857. The van der Waals surface area contributed by atoms with Gasteiger partial charge in [-0.2, -0.15) is 0 Å². The molecule has 1 aliphatic carbocycles. The Kier molecular flexibility index (Phi) is 3.64. The SMILES string of the molecule is O=C(NC1CCOC1)c1ccnc(NC(=O)C2CC2)c1. The first-order chi connectivity index (χ1) is 9.72. The maximum Gasteiger partial charge on any atom is 0.251 e. The third kappa shape index (κ3) is 3.14. The van der Waals surface area contributed by atoms with Crippen molar-refractivity contribution in [2.75, 3.05) is 18.5 Å². The molecular formula is C14H17N3O3. The van der Waals surface area contributed by atoms with Crippen molar-refractivity contribution in [3.63, 3.8) is 0 Å². The van der Waals surface area contributed by atoms with Gasteiger partial charge in [0.25, 0.3) is 5.91 Å². The van der Waals surface area contributed by atoms with Crippen LogP contribution in [0.5, 0.6) is 0 Å². The smallest absolute Gasteiger partial charge is 0.251 e. The van der Waals surface area contributed by atoms with Gasteiger partial charge in [0, 0.05) is 24.3 Å². The molecule has 106 valence electrons. The van der Waals surface area contributed by atoms with Crippen LogP contribution in [0.15, 0.2) is 18.3 Å². The van der Waals surface area contributed by atoms with E-state index in [0.717, 1.165) is 19.3 Å². The normalized spacial score (nSPS) is 21.5. The molecule has 2 amide bonds. The van der Waals surface area contributed by atoms with Crippen molar-refractivity contribution < 1.29 is 14.3 Å². The number of nitrogens with one attached hydrogen (secondary N) is 2. The van der Waals surface area contributed by atoms with E-state index < -0.39 is 0 Å². The predicted octanol–water partition coefficient (Wildman–Crippen LogP) is 0.949. The third-order valence-electron chi connectivity index (χ3n) is 3.49. The Morgan fingerprint density at radius 3 is 2.85 bits per heavy atom. The number of aromatic nitrogens is 1. The van der Waals surface area contributed by atoms with Gasteiger partial charge in [0.15, 0.2) is 0 Å². The van der Waals surface area contributed by atoms with Gasteiger partial charge in [-0.15, -0.1) is 0 Å². The van der Waals surface area contributed by atoms with Gasteiger partial charge in [-0.3, -0.25) is 9.59 Å². The van der Waals surface area contributed by atoms with Crippen LogP contribution in [0.25, 0.3) is 0 Å². The summed E-state index contributed by atoms with van der Waals surface area (Å²) >= 11 is 0.